The number of nitrogens with zero attached hydrogens (tertiary/aromatic N) is 5. The Hall–Kier alpha value is -2.94. The van der Waals surface area contributed by atoms with Crippen molar-refractivity contribution in [3.63, 3.8) is 0 Å². The minimum atomic E-state index is -0.0349. The molecule has 1 saturated heterocycles. The molecule has 0 saturated carbocycles. The molecular formula is C22H28N6O2S. The minimum Gasteiger partial charge on any atom is -0.481 e. The summed E-state index contributed by atoms with van der Waals surface area (Å²) in [7, 11) is 1.59. The molecule has 1 N–H and O–H groups in total. The molecule has 31 heavy (non-hydrogen) atoms. The van der Waals surface area contributed by atoms with Crippen molar-refractivity contribution < 1.29 is 4.74 Å². The molecule has 1 aliphatic heterocycles. The summed E-state index contributed by atoms with van der Waals surface area (Å²) in [6, 6.07) is 3.91. The standard InChI is InChI=1S/C22H28N6O2S/c1-5-17-19(25-15-9-11-27(13-15)22-23-10-12-31-22)21(29)28(6-2)20(26-17)16-7-8-18(30-4)24-14(16)3/h7-8,10,12,15,25H,5-6,9,11,13H2,1-4H3. The molecule has 164 valence electrons. The maximum absolute atomic E-state index is 13.5. The molecule has 0 amide bonds. The van der Waals surface area contributed by atoms with Crippen LogP contribution in [0.15, 0.2) is 28.5 Å². The number of thiazole rings is 1. The van der Waals surface area contributed by atoms with E-state index in [1.165, 1.54) is 0 Å². The summed E-state index contributed by atoms with van der Waals surface area (Å²) < 4.78 is 6.95. The highest BCUT2D eigenvalue weighted by molar-refractivity contribution is 7.13. The van der Waals surface area contributed by atoms with Crippen LogP contribution in [0.3, 0.4) is 0 Å². The number of aryl methyl sites for hydroxylation is 2. The second-order valence-corrected chi connectivity index (χ2v) is 8.41. The van der Waals surface area contributed by atoms with E-state index in [-0.39, 0.29) is 11.6 Å². The first-order chi connectivity index (χ1) is 15.0. The third kappa shape index (κ3) is 4.14. The zero-order valence-corrected chi connectivity index (χ0v) is 19.2. The van der Waals surface area contributed by atoms with Crippen molar-refractivity contribution in [3.8, 4) is 17.3 Å². The van der Waals surface area contributed by atoms with Crippen molar-refractivity contribution >= 4 is 22.2 Å². The Morgan fingerprint density at radius 2 is 2.13 bits per heavy atom. The SMILES string of the molecule is CCc1nc(-c2ccc(OC)nc2C)n(CC)c(=O)c1NC1CCN(c2nccs2)C1. The number of anilines is 2. The first-order valence-corrected chi connectivity index (χ1v) is 11.5. The summed E-state index contributed by atoms with van der Waals surface area (Å²) in [5, 5.41) is 6.53. The summed E-state index contributed by atoms with van der Waals surface area (Å²) >= 11 is 1.64. The molecule has 0 aromatic carbocycles. The van der Waals surface area contributed by atoms with Crippen molar-refractivity contribution in [3.05, 3.63) is 45.5 Å². The van der Waals surface area contributed by atoms with E-state index < -0.39 is 0 Å². The molecule has 3 aromatic rings. The molecule has 0 bridgehead atoms. The van der Waals surface area contributed by atoms with Gasteiger partial charge in [-0.25, -0.2) is 15.0 Å². The number of nitrogens with one attached hydrogen (secondary N) is 1. The zero-order valence-electron chi connectivity index (χ0n) is 18.4. The maximum Gasteiger partial charge on any atom is 0.277 e. The van der Waals surface area contributed by atoms with Crippen LogP contribution in [0.1, 0.15) is 31.7 Å². The first kappa shape index (κ1) is 21.3. The third-order valence-corrected chi connectivity index (χ3v) is 6.46. The lowest BCUT2D eigenvalue weighted by molar-refractivity contribution is 0.397. The predicted molar refractivity (Wildman–Crippen MR) is 124 cm³/mol. The number of aromatic nitrogens is 4. The highest BCUT2D eigenvalue weighted by Crippen LogP contribution is 2.27. The normalized spacial score (nSPS) is 16.0. The van der Waals surface area contributed by atoms with Gasteiger partial charge in [0.25, 0.3) is 5.56 Å². The second kappa shape index (κ2) is 9.05. The number of methoxy groups -OCH3 is 1. The number of rotatable bonds is 7. The summed E-state index contributed by atoms with van der Waals surface area (Å²) in [5.74, 6) is 1.20. The topological polar surface area (TPSA) is 85.2 Å². The van der Waals surface area contributed by atoms with Crippen molar-refractivity contribution in [2.45, 2.75) is 46.2 Å². The molecule has 0 aliphatic carbocycles. The Labute approximate surface area is 186 Å². The van der Waals surface area contributed by atoms with E-state index in [2.05, 4.69) is 20.2 Å². The zero-order chi connectivity index (χ0) is 22.0. The second-order valence-electron chi connectivity index (χ2n) is 7.54. The lowest BCUT2D eigenvalue weighted by atomic mass is 10.1. The van der Waals surface area contributed by atoms with Gasteiger partial charge in [-0.3, -0.25) is 9.36 Å². The lowest BCUT2D eigenvalue weighted by Crippen LogP contribution is -2.33. The number of pyridine rings is 1. The van der Waals surface area contributed by atoms with E-state index in [4.69, 9.17) is 9.72 Å². The molecule has 1 aliphatic rings. The maximum atomic E-state index is 13.5. The summed E-state index contributed by atoms with van der Waals surface area (Å²) in [4.78, 5) is 29.5. The van der Waals surface area contributed by atoms with E-state index in [0.717, 1.165) is 41.6 Å². The molecule has 1 fully saturated rings. The van der Waals surface area contributed by atoms with E-state index in [1.54, 1.807) is 29.1 Å². The molecule has 0 radical (unpaired) electrons. The van der Waals surface area contributed by atoms with Gasteiger partial charge in [-0.1, -0.05) is 6.92 Å². The van der Waals surface area contributed by atoms with Gasteiger partial charge in [-0.2, -0.15) is 0 Å². The fourth-order valence-corrected chi connectivity index (χ4v) is 4.69. The van der Waals surface area contributed by atoms with Crippen LogP contribution < -0.4 is 20.5 Å². The van der Waals surface area contributed by atoms with Gasteiger partial charge in [-0.05, 0) is 32.8 Å². The van der Waals surface area contributed by atoms with E-state index in [1.807, 2.05) is 38.4 Å². The first-order valence-electron chi connectivity index (χ1n) is 10.6. The Morgan fingerprint density at radius 3 is 2.77 bits per heavy atom. The number of hydrogen-bond acceptors (Lipinski definition) is 8. The van der Waals surface area contributed by atoms with Gasteiger partial charge in [0.1, 0.15) is 11.5 Å². The van der Waals surface area contributed by atoms with Crippen LogP contribution in [-0.2, 0) is 13.0 Å². The van der Waals surface area contributed by atoms with Gasteiger partial charge >= 0.3 is 0 Å². The molecule has 4 heterocycles. The van der Waals surface area contributed by atoms with Crippen LogP contribution in [0.5, 0.6) is 5.88 Å². The Balaban J connectivity index is 1.68. The summed E-state index contributed by atoms with van der Waals surface area (Å²) in [5.41, 5.74) is 2.99. The molecule has 4 rings (SSSR count). The lowest BCUT2D eigenvalue weighted by Gasteiger charge is -2.20. The predicted octanol–water partition coefficient (Wildman–Crippen LogP) is 3.35. The Kier molecular flexibility index (Phi) is 6.22. The van der Waals surface area contributed by atoms with Crippen molar-refractivity contribution in [1.82, 2.24) is 19.5 Å². The van der Waals surface area contributed by atoms with Gasteiger partial charge < -0.3 is 15.0 Å². The highest BCUT2D eigenvalue weighted by atomic mass is 32.1. The van der Waals surface area contributed by atoms with Crippen LogP contribution in [-0.4, -0.2) is 45.8 Å². The van der Waals surface area contributed by atoms with Crippen LogP contribution in [0.4, 0.5) is 10.8 Å². The van der Waals surface area contributed by atoms with Crippen molar-refractivity contribution in [2.75, 3.05) is 30.4 Å². The summed E-state index contributed by atoms with van der Waals surface area (Å²) in [6.45, 7) is 8.19. The molecule has 8 nitrogen and oxygen atoms in total. The van der Waals surface area contributed by atoms with E-state index in [9.17, 15) is 4.79 Å². The molecule has 1 atom stereocenters. The third-order valence-electron chi connectivity index (χ3n) is 5.63. The van der Waals surface area contributed by atoms with E-state index >= 15 is 0 Å². The molecular weight excluding hydrogens is 412 g/mol. The van der Waals surface area contributed by atoms with Crippen molar-refractivity contribution in [2.24, 2.45) is 0 Å². The Bertz CT molecular complexity index is 1110. The van der Waals surface area contributed by atoms with Gasteiger partial charge in [0.05, 0.1) is 18.5 Å². The van der Waals surface area contributed by atoms with Crippen LogP contribution in [0, 0.1) is 6.92 Å². The van der Waals surface area contributed by atoms with E-state index in [0.29, 0.717) is 30.4 Å². The largest absolute Gasteiger partial charge is 0.481 e. The Morgan fingerprint density at radius 1 is 1.29 bits per heavy atom. The van der Waals surface area contributed by atoms with Crippen LogP contribution >= 0.6 is 11.3 Å². The van der Waals surface area contributed by atoms with Gasteiger partial charge in [0, 0.05) is 48.9 Å². The number of ether oxygens (including phenoxy) is 1. The van der Waals surface area contributed by atoms with Gasteiger partial charge in [0.2, 0.25) is 5.88 Å². The van der Waals surface area contributed by atoms with Crippen LogP contribution in [0.25, 0.3) is 11.4 Å². The fourth-order valence-electron chi connectivity index (χ4n) is 4.01. The molecule has 0 spiro atoms. The molecule has 9 heteroatoms. The molecule has 3 aromatic heterocycles. The average molecular weight is 441 g/mol. The highest BCUT2D eigenvalue weighted by Gasteiger charge is 2.26. The average Bonchev–Trinajstić information content (AvgIpc) is 3.47. The number of hydrogen-bond donors (Lipinski definition) is 1. The molecule has 1 unspecified atom stereocenters. The smallest absolute Gasteiger partial charge is 0.277 e. The van der Waals surface area contributed by atoms with Crippen LogP contribution in [0.2, 0.25) is 0 Å². The summed E-state index contributed by atoms with van der Waals surface area (Å²) in [6.07, 6.45) is 3.45. The monoisotopic (exact) mass is 440 g/mol. The van der Waals surface area contributed by atoms with Crippen molar-refractivity contribution in [1.29, 1.82) is 0 Å². The van der Waals surface area contributed by atoms with Gasteiger partial charge in [0.15, 0.2) is 5.13 Å². The fraction of sp³-hybridized carbons (Fsp3) is 0.455. The minimum absolute atomic E-state index is 0.0349. The van der Waals surface area contributed by atoms with Gasteiger partial charge in [-0.15, -0.1) is 11.3 Å². The quantitative estimate of drug-likeness (QED) is 0.603.